The lowest BCUT2D eigenvalue weighted by Crippen LogP contribution is -2.50. The van der Waals surface area contributed by atoms with Crippen molar-refractivity contribution in [2.75, 3.05) is 31.6 Å². The fourth-order valence-corrected chi connectivity index (χ4v) is 3.48. The standard InChI is InChI=1S/C23H33N5O/c1-17-8-10-21(11-9-17)29-19(3)16-25-23(24-4)27-20-12-14-28(15-13-20)22-7-5-6-18(2)26-22/h5-11,19-20H,12-16H2,1-4H3,(H2,24,25,27). The van der Waals surface area contributed by atoms with Crippen molar-refractivity contribution in [3.8, 4) is 5.75 Å². The SMILES string of the molecule is CN=C(NCC(C)Oc1ccc(C)cc1)NC1CCN(c2cccc(C)n2)CC1. The van der Waals surface area contributed by atoms with E-state index in [1.807, 2.05) is 32.2 Å². The maximum Gasteiger partial charge on any atom is 0.191 e. The minimum Gasteiger partial charge on any atom is -0.489 e. The Morgan fingerprint density at radius 1 is 1.17 bits per heavy atom. The number of hydrogen-bond acceptors (Lipinski definition) is 4. The Morgan fingerprint density at radius 2 is 1.90 bits per heavy atom. The van der Waals surface area contributed by atoms with Gasteiger partial charge < -0.3 is 20.3 Å². The lowest BCUT2D eigenvalue weighted by molar-refractivity contribution is 0.223. The van der Waals surface area contributed by atoms with Crippen molar-refractivity contribution in [1.29, 1.82) is 0 Å². The summed E-state index contributed by atoms with van der Waals surface area (Å²) in [6.45, 7) is 8.87. The molecule has 1 saturated heterocycles. The molecule has 1 unspecified atom stereocenters. The molecule has 2 aromatic rings. The number of anilines is 1. The summed E-state index contributed by atoms with van der Waals surface area (Å²) in [5.41, 5.74) is 2.30. The summed E-state index contributed by atoms with van der Waals surface area (Å²) in [5.74, 6) is 2.80. The van der Waals surface area contributed by atoms with Crippen LogP contribution in [-0.2, 0) is 0 Å². The van der Waals surface area contributed by atoms with Crippen molar-refractivity contribution in [3.63, 3.8) is 0 Å². The number of guanidine groups is 1. The van der Waals surface area contributed by atoms with Gasteiger partial charge in [0, 0.05) is 31.9 Å². The number of ether oxygens (including phenoxy) is 1. The molecule has 2 heterocycles. The molecule has 1 aliphatic rings. The van der Waals surface area contributed by atoms with Gasteiger partial charge in [0.1, 0.15) is 17.7 Å². The van der Waals surface area contributed by atoms with E-state index in [1.165, 1.54) is 5.56 Å². The van der Waals surface area contributed by atoms with Gasteiger partial charge >= 0.3 is 0 Å². The summed E-state index contributed by atoms with van der Waals surface area (Å²) in [5, 5.41) is 6.94. The highest BCUT2D eigenvalue weighted by molar-refractivity contribution is 5.80. The fraction of sp³-hybridized carbons (Fsp3) is 0.478. The molecule has 1 aromatic carbocycles. The third-order valence-electron chi connectivity index (χ3n) is 5.17. The summed E-state index contributed by atoms with van der Waals surface area (Å²) >= 11 is 0. The molecule has 1 fully saturated rings. The number of rotatable bonds is 6. The molecule has 0 saturated carbocycles. The third kappa shape index (κ3) is 6.38. The second kappa shape index (κ2) is 10.1. The van der Waals surface area contributed by atoms with Crippen molar-refractivity contribution in [3.05, 3.63) is 53.7 Å². The second-order valence-electron chi connectivity index (χ2n) is 7.74. The van der Waals surface area contributed by atoms with Crippen LogP contribution in [0.1, 0.15) is 31.0 Å². The molecule has 29 heavy (non-hydrogen) atoms. The van der Waals surface area contributed by atoms with Crippen molar-refractivity contribution in [2.24, 2.45) is 4.99 Å². The molecule has 1 aliphatic heterocycles. The van der Waals surface area contributed by atoms with Crippen LogP contribution in [0.4, 0.5) is 5.82 Å². The number of pyridine rings is 1. The van der Waals surface area contributed by atoms with Gasteiger partial charge in [-0.2, -0.15) is 0 Å². The number of nitrogens with one attached hydrogen (secondary N) is 2. The van der Waals surface area contributed by atoms with Gasteiger partial charge in [-0.15, -0.1) is 0 Å². The van der Waals surface area contributed by atoms with Crippen LogP contribution < -0.4 is 20.3 Å². The van der Waals surface area contributed by atoms with Gasteiger partial charge in [0.25, 0.3) is 0 Å². The minimum absolute atomic E-state index is 0.0468. The Kier molecular flexibility index (Phi) is 7.33. The van der Waals surface area contributed by atoms with E-state index in [0.29, 0.717) is 12.6 Å². The summed E-state index contributed by atoms with van der Waals surface area (Å²) < 4.78 is 5.97. The smallest absolute Gasteiger partial charge is 0.191 e. The third-order valence-corrected chi connectivity index (χ3v) is 5.17. The molecular weight excluding hydrogens is 362 g/mol. The molecule has 0 bridgehead atoms. The Labute approximate surface area is 174 Å². The van der Waals surface area contributed by atoms with Crippen LogP contribution in [0.25, 0.3) is 0 Å². The van der Waals surface area contributed by atoms with Crippen LogP contribution in [0.5, 0.6) is 5.75 Å². The number of benzene rings is 1. The second-order valence-corrected chi connectivity index (χ2v) is 7.74. The van der Waals surface area contributed by atoms with Crippen LogP contribution >= 0.6 is 0 Å². The highest BCUT2D eigenvalue weighted by atomic mass is 16.5. The lowest BCUT2D eigenvalue weighted by Gasteiger charge is -2.34. The molecule has 1 atom stereocenters. The molecule has 0 amide bonds. The van der Waals surface area contributed by atoms with Gasteiger partial charge in [0.15, 0.2) is 5.96 Å². The normalized spacial score (nSPS) is 16.4. The maximum absolute atomic E-state index is 5.97. The molecule has 0 aliphatic carbocycles. The van der Waals surface area contributed by atoms with E-state index in [-0.39, 0.29) is 6.10 Å². The summed E-state index contributed by atoms with van der Waals surface area (Å²) in [4.78, 5) is 11.4. The monoisotopic (exact) mass is 395 g/mol. The number of hydrogen-bond donors (Lipinski definition) is 2. The van der Waals surface area contributed by atoms with Gasteiger partial charge in [0.05, 0.1) is 6.54 Å². The van der Waals surface area contributed by atoms with E-state index >= 15 is 0 Å². The molecule has 6 nitrogen and oxygen atoms in total. The quantitative estimate of drug-likeness (QED) is 0.580. The molecule has 0 spiro atoms. The topological polar surface area (TPSA) is 61.8 Å². The molecule has 0 radical (unpaired) electrons. The predicted octanol–water partition coefficient (Wildman–Crippen LogP) is 3.30. The van der Waals surface area contributed by atoms with Crippen molar-refractivity contribution >= 4 is 11.8 Å². The highest BCUT2D eigenvalue weighted by Gasteiger charge is 2.21. The molecule has 3 rings (SSSR count). The van der Waals surface area contributed by atoms with Crippen molar-refractivity contribution in [2.45, 2.75) is 45.8 Å². The maximum atomic E-state index is 5.97. The Bertz CT molecular complexity index is 797. The first-order valence-electron chi connectivity index (χ1n) is 10.4. The van der Waals surface area contributed by atoms with E-state index < -0.39 is 0 Å². The van der Waals surface area contributed by atoms with E-state index in [9.17, 15) is 0 Å². The van der Waals surface area contributed by atoms with E-state index in [4.69, 9.17) is 4.74 Å². The summed E-state index contributed by atoms with van der Waals surface area (Å²) in [6, 6.07) is 14.8. The molecule has 156 valence electrons. The van der Waals surface area contributed by atoms with Gasteiger partial charge in [-0.25, -0.2) is 4.98 Å². The molecular formula is C23H33N5O. The van der Waals surface area contributed by atoms with Crippen LogP contribution in [0.2, 0.25) is 0 Å². The summed E-state index contributed by atoms with van der Waals surface area (Å²) in [6.07, 6.45) is 2.17. The van der Waals surface area contributed by atoms with Crippen LogP contribution in [-0.4, -0.2) is 49.8 Å². The number of nitrogens with zero attached hydrogens (tertiary/aromatic N) is 3. The number of aryl methyl sites for hydroxylation is 2. The Balaban J connectivity index is 1.41. The number of piperidine rings is 1. The van der Waals surface area contributed by atoms with Gasteiger partial charge in [0.2, 0.25) is 0 Å². The first-order valence-corrected chi connectivity index (χ1v) is 10.4. The van der Waals surface area contributed by atoms with E-state index in [2.05, 4.69) is 63.6 Å². The van der Waals surface area contributed by atoms with Crippen molar-refractivity contribution < 1.29 is 4.74 Å². The average molecular weight is 396 g/mol. The molecule has 6 heteroatoms. The zero-order valence-corrected chi connectivity index (χ0v) is 18.0. The van der Waals surface area contributed by atoms with Crippen molar-refractivity contribution in [1.82, 2.24) is 15.6 Å². The van der Waals surface area contributed by atoms with E-state index in [0.717, 1.165) is 49.2 Å². The summed E-state index contributed by atoms with van der Waals surface area (Å²) in [7, 11) is 1.81. The average Bonchev–Trinajstić information content (AvgIpc) is 2.73. The fourth-order valence-electron chi connectivity index (χ4n) is 3.48. The molecule has 1 aromatic heterocycles. The zero-order chi connectivity index (χ0) is 20.6. The highest BCUT2D eigenvalue weighted by Crippen LogP contribution is 2.18. The Morgan fingerprint density at radius 3 is 2.55 bits per heavy atom. The predicted molar refractivity (Wildman–Crippen MR) is 120 cm³/mol. The lowest BCUT2D eigenvalue weighted by atomic mass is 10.1. The van der Waals surface area contributed by atoms with Crippen LogP contribution in [0.15, 0.2) is 47.5 Å². The molecule has 2 N–H and O–H groups in total. The first-order chi connectivity index (χ1) is 14.0. The van der Waals surface area contributed by atoms with Gasteiger partial charge in [-0.05, 0) is 57.9 Å². The van der Waals surface area contributed by atoms with E-state index in [1.54, 1.807) is 0 Å². The number of aliphatic imine (C=N–C) groups is 1. The number of aromatic nitrogens is 1. The Hall–Kier alpha value is -2.76. The first kappa shape index (κ1) is 21.0. The minimum atomic E-state index is 0.0468. The van der Waals surface area contributed by atoms with Crippen LogP contribution in [0, 0.1) is 13.8 Å². The van der Waals surface area contributed by atoms with Gasteiger partial charge in [-0.1, -0.05) is 23.8 Å². The largest absolute Gasteiger partial charge is 0.489 e. The zero-order valence-electron chi connectivity index (χ0n) is 18.0. The van der Waals surface area contributed by atoms with Gasteiger partial charge in [-0.3, -0.25) is 4.99 Å². The van der Waals surface area contributed by atoms with Crippen LogP contribution in [0.3, 0.4) is 0 Å².